The smallest absolute Gasteiger partial charge is 0.237 e. The lowest BCUT2D eigenvalue weighted by Crippen LogP contribution is -2.56. The Balaban J connectivity index is 2.08. The summed E-state index contributed by atoms with van der Waals surface area (Å²) >= 11 is 0. The number of aliphatic hydroxyl groups excluding tert-OH is 1. The van der Waals surface area contributed by atoms with Gasteiger partial charge in [0, 0.05) is 32.7 Å². The van der Waals surface area contributed by atoms with Gasteiger partial charge in [0.1, 0.15) is 5.82 Å². The van der Waals surface area contributed by atoms with E-state index in [1.807, 2.05) is 17.9 Å². The zero-order valence-corrected chi connectivity index (χ0v) is 14.6. The molecular formula is C18H26FN3O3. The SMILES string of the molecule is CCCN(CCO)C(=O)CC1C(=O)NCCN1Cc1cccc(F)c1. The Kier molecular flexibility index (Phi) is 7.33. The van der Waals surface area contributed by atoms with Gasteiger partial charge in [0.15, 0.2) is 0 Å². The quantitative estimate of drug-likeness (QED) is 0.725. The van der Waals surface area contributed by atoms with Crippen LogP contribution in [0.1, 0.15) is 25.3 Å². The van der Waals surface area contributed by atoms with Crippen molar-refractivity contribution < 1.29 is 19.1 Å². The highest BCUT2D eigenvalue weighted by molar-refractivity contribution is 5.88. The molecule has 0 aromatic heterocycles. The predicted octanol–water partition coefficient (Wildman–Crippen LogP) is 0.747. The average Bonchev–Trinajstić information content (AvgIpc) is 2.57. The van der Waals surface area contributed by atoms with E-state index in [0.717, 1.165) is 12.0 Å². The maximum absolute atomic E-state index is 13.4. The van der Waals surface area contributed by atoms with Crippen LogP contribution in [0.15, 0.2) is 24.3 Å². The first-order chi connectivity index (χ1) is 12.0. The fourth-order valence-electron chi connectivity index (χ4n) is 3.09. The lowest BCUT2D eigenvalue weighted by atomic mass is 10.1. The Hall–Kier alpha value is -1.99. The summed E-state index contributed by atoms with van der Waals surface area (Å²) < 4.78 is 13.4. The molecule has 1 atom stereocenters. The molecule has 1 aliphatic heterocycles. The van der Waals surface area contributed by atoms with Gasteiger partial charge >= 0.3 is 0 Å². The topological polar surface area (TPSA) is 72.9 Å². The second-order valence-electron chi connectivity index (χ2n) is 6.22. The van der Waals surface area contributed by atoms with Crippen molar-refractivity contribution in [1.82, 2.24) is 15.1 Å². The van der Waals surface area contributed by atoms with E-state index in [1.165, 1.54) is 12.1 Å². The third-order valence-electron chi connectivity index (χ3n) is 4.30. The van der Waals surface area contributed by atoms with Crippen molar-refractivity contribution in [3.8, 4) is 0 Å². The Morgan fingerprint density at radius 1 is 1.44 bits per heavy atom. The summed E-state index contributed by atoms with van der Waals surface area (Å²) in [5.74, 6) is -0.651. The Morgan fingerprint density at radius 2 is 2.24 bits per heavy atom. The summed E-state index contributed by atoms with van der Waals surface area (Å²) in [5, 5.41) is 11.9. The van der Waals surface area contributed by atoms with Crippen molar-refractivity contribution in [2.24, 2.45) is 0 Å². The standard InChI is InChI=1S/C18H26FN3O3/c1-2-7-21(9-10-23)17(24)12-16-18(25)20-6-8-22(16)13-14-4-3-5-15(19)11-14/h3-5,11,16,23H,2,6-10,12-13H2,1H3,(H,20,25). The van der Waals surface area contributed by atoms with E-state index in [4.69, 9.17) is 5.11 Å². The minimum Gasteiger partial charge on any atom is -0.395 e. The molecule has 0 spiro atoms. The molecule has 2 N–H and O–H groups in total. The third kappa shape index (κ3) is 5.51. The number of halogens is 1. The zero-order valence-electron chi connectivity index (χ0n) is 14.6. The van der Waals surface area contributed by atoms with E-state index < -0.39 is 6.04 Å². The van der Waals surface area contributed by atoms with Gasteiger partial charge in [0.05, 0.1) is 19.1 Å². The number of nitrogens with one attached hydrogen (secondary N) is 1. The van der Waals surface area contributed by atoms with Gasteiger partial charge in [0.25, 0.3) is 0 Å². The second-order valence-corrected chi connectivity index (χ2v) is 6.22. The molecule has 1 aromatic carbocycles. The minimum absolute atomic E-state index is 0.0567. The number of piperazine rings is 1. The molecule has 0 bridgehead atoms. The van der Waals surface area contributed by atoms with Crippen molar-refractivity contribution in [3.63, 3.8) is 0 Å². The van der Waals surface area contributed by atoms with Crippen LogP contribution in [0.3, 0.4) is 0 Å². The molecule has 0 radical (unpaired) electrons. The number of carbonyl (C=O) groups excluding carboxylic acids is 2. The second kappa shape index (κ2) is 9.48. The molecular weight excluding hydrogens is 325 g/mol. The van der Waals surface area contributed by atoms with E-state index >= 15 is 0 Å². The van der Waals surface area contributed by atoms with Crippen LogP contribution >= 0.6 is 0 Å². The lowest BCUT2D eigenvalue weighted by molar-refractivity contribution is -0.139. The monoisotopic (exact) mass is 351 g/mol. The van der Waals surface area contributed by atoms with Gasteiger partial charge in [0.2, 0.25) is 11.8 Å². The first-order valence-corrected chi connectivity index (χ1v) is 8.70. The molecule has 2 amide bonds. The molecule has 1 aromatic rings. The highest BCUT2D eigenvalue weighted by Gasteiger charge is 2.32. The van der Waals surface area contributed by atoms with Crippen LogP contribution in [-0.4, -0.2) is 65.5 Å². The predicted molar refractivity (Wildman–Crippen MR) is 92.2 cm³/mol. The lowest BCUT2D eigenvalue weighted by Gasteiger charge is -2.35. The molecule has 1 heterocycles. The van der Waals surface area contributed by atoms with Crippen LogP contribution in [0.2, 0.25) is 0 Å². The molecule has 6 nitrogen and oxygen atoms in total. The van der Waals surface area contributed by atoms with E-state index in [9.17, 15) is 14.0 Å². The van der Waals surface area contributed by atoms with Gasteiger partial charge < -0.3 is 15.3 Å². The number of nitrogens with zero attached hydrogens (tertiary/aromatic N) is 2. The molecule has 7 heteroatoms. The van der Waals surface area contributed by atoms with Crippen LogP contribution in [-0.2, 0) is 16.1 Å². The van der Waals surface area contributed by atoms with Crippen molar-refractivity contribution in [3.05, 3.63) is 35.6 Å². The van der Waals surface area contributed by atoms with Crippen LogP contribution < -0.4 is 5.32 Å². The average molecular weight is 351 g/mol. The summed E-state index contributed by atoms with van der Waals surface area (Å²) in [6.45, 7) is 4.21. The number of rotatable bonds is 8. The normalized spacial score (nSPS) is 18.0. The van der Waals surface area contributed by atoms with E-state index in [1.54, 1.807) is 11.0 Å². The largest absolute Gasteiger partial charge is 0.395 e. The molecule has 25 heavy (non-hydrogen) atoms. The Morgan fingerprint density at radius 3 is 2.92 bits per heavy atom. The van der Waals surface area contributed by atoms with Crippen LogP contribution in [0, 0.1) is 5.82 Å². The van der Waals surface area contributed by atoms with Gasteiger partial charge in [-0.25, -0.2) is 4.39 Å². The van der Waals surface area contributed by atoms with Gasteiger partial charge in [-0.1, -0.05) is 19.1 Å². The summed E-state index contributed by atoms with van der Waals surface area (Å²) in [6.07, 6.45) is 0.844. The number of hydrogen-bond acceptors (Lipinski definition) is 4. The van der Waals surface area contributed by atoms with Gasteiger partial charge in [-0.15, -0.1) is 0 Å². The first-order valence-electron chi connectivity index (χ1n) is 8.70. The maximum atomic E-state index is 13.4. The van der Waals surface area contributed by atoms with Gasteiger partial charge in [-0.05, 0) is 24.1 Å². The van der Waals surface area contributed by atoms with Crippen molar-refractivity contribution in [1.29, 1.82) is 0 Å². The van der Waals surface area contributed by atoms with Gasteiger partial charge in [-0.2, -0.15) is 0 Å². The van der Waals surface area contributed by atoms with Crippen LogP contribution in [0.4, 0.5) is 4.39 Å². The first kappa shape index (κ1) is 19.3. The highest BCUT2D eigenvalue weighted by Crippen LogP contribution is 2.16. The number of amides is 2. The number of aliphatic hydroxyl groups is 1. The van der Waals surface area contributed by atoms with E-state index in [2.05, 4.69) is 5.32 Å². The Labute approximate surface area is 147 Å². The molecule has 1 fully saturated rings. The maximum Gasteiger partial charge on any atom is 0.237 e. The minimum atomic E-state index is -0.581. The summed E-state index contributed by atoms with van der Waals surface area (Å²) in [5.41, 5.74) is 0.771. The van der Waals surface area contributed by atoms with Crippen molar-refractivity contribution in [2.45, 2.75) is 32.4 Å². The number of benzene rings is 1. The fraction of sp³-hybridized carbons (Fsp3) is 0.556. The van der Waals surface area contributed by atoms with Gasteiger partial charge in [-0.3, -0.25) is 14.5 Å². The molecule has 2 rings (SSSR count). The molecule has 1 aliphatic rings. The molecule has 138 valence electrons. The van der Waals surface area contributed by atoms with E-state index in [-0.39, 0.29) is 37.2 Å². The summed E-state index contributed by atoms with van der Waals surface area (Å²) in [4.78, 5) is 28.3. The molecule has 0 saturated carbocycles. The van der Waals surface area contributed by atoms with Crippen LogP contribution in [0.25, 0.3) is 0 Å². The Bertz CT molecular complexity index is 591. The molecule has 0 aliphatic carbocycles. The molecule has 1 saturated heterocycles. The van der Waals surface area contributed by atoms with Crippen molar-refractivity contribution >= 4 is 11.8 Å². The summed E-state index contributed by atoms with van der Waals surface area (Å²) in [7, 11) is 0. The third-order valence-corrected chi connectivity index (χ3v) is 4.30. The fourth-order valence-corrected chi connectivity index (χ4v) is 3.09. The highest BCUT2D eigenvalue weighted by atomic mass is 19.1. The van der Waals surface area contributed by atoms with Crippen LogP contribution in [0.5, 0.6) is 0 Å². The van der Waals surface area contributed by atoms with E-state index in [0.29, 0.717) is 26.2 Å². The molecule has 1 unspecified atom stereocenters. The summed E-state index contributed by atoms with van der Waals surface area (Å²) in [6, 6.07) is 5.69. The van der Waals surface area contributed by atoms with Crippen molar-refractivity contribution in [2.75, 3.05) is 32.8 Å². The number of hydrogen-bond donors (Lipinski definition) is 2. The number of carbonyl (C=O) groups is 2. The zero-order chi connectivity index (χ0) is 18.2.